The lowest BCUT2D eigenvalue weighted by atomic mass is 10.2. The minimum Gasteiger partial charge on any atom is -0.404 e. The van der Waals surface area contributed by atoms with Crippen LogP contribution < -0.4 is 10.4 Å². The summed E-state index contributed by atoms with van der Waals surface area (Å²) in [6.07, 6.45) is 0. The van der Waals surface area contributed by atoms with Crippen LogP contribution in [0.5, 0.6) is 0 Å². The van der Waals surface area contributed by atoms with Gasteiger partial charge in [-0.1, -0.05) is 71.7 Å². The van der Waals surface area contributed by atoms with E-state index in [1.165, 1.54) is 4.73 Å². The lowest BCUT2D eigenvalue weighted by Crippen LogP contribution is -2.29. The van der Waals surface area contributed by atoms with Gasteiger partial charge in [-0.05, 0) is 24.3 Å². The van der Waals surface area contributed by atoms with E-state index in [4.69, 9.17) is 28.0 Å². The molecule has 0 unspecified atom stereocenters. The Morgan fingerprint density at radius 2 is 1.52 bits per heavy atom. The summed E-state index contributed by atoms with van der Waals surface area (Å²) in [6.45, 7) is 0.0399. The summed E-state index contributed by atoms with van der Waals surface area (Å²) in [5, 5.41) is 1.43. The molecule has 0 aliphatic rings. The molecule has 4 aromatic rings. The maximum atomic E-state index is 13.0. The van der Waals surface area contributed by atoms with Crippen LogP contribution in [0.1, 0.15) is 5.56 Å². The van der Waals surface area contributed by atoms with E-state index in [1.807, 2.05) is 36.4 Å². The number of rotatable bonds is 4. The third-order valence-corrected chi connectivity index (χ3v) is 4.88. The van der Waals surface area contributed by atoms with Gasteiger partial charge in [0.1, 0.15) is 6.61 Å². The molecule has 1 heterocycles. The zero-order valence-electron chi connectivity index (χ0n) is 14.1. The molecule has 0 saturated heterocycles. The van der Waals surface area contributed by atoms with Crippen LogP contribution in [0.2, 0.25) is 10.0 Å². The molecule has 4 rings (SSSR count). The van der Waals surface area contributed by atoms with Gasteiger partial charge >= 0.3 is 0 Å². The molecule has 0 bridgehead atoms. The second-order valence-electron chi connectivity index (χ2n) is 5.89. The van der Waals surface area contributed by atoms with Crippen LogP contribution in [0.3, 0.4) is 0 Å². The SMILES string of the molecule is O=c1c2ccccc2nc(-c2ccccc2)n1OCc1c(Cl)cccc1Cl. The number of fused-ring (bicyclic) bond motifs is 1. The van der Waals surface area contributed by atoms with E-state index in [1.54, 1.807) is 36.4 Å². The molecule has 0 radical (unpaired) electrons. The highest BCUT2D eigenvalue weighted by atomic mass is 35.5. The lowest BCUT2D eigenvalue weighted by molar-refractivity contribution is 0.0921. The van der Waals surface area contributed by atoms with E-state index in [9.17, 15) is 4.79 Å². The third-order valence-electron chi connectivity index (χ3n) is 4.17. The Morgan fingerprint density at radius 1 is 0.852 bits per heavy atom. The molecule has 6 heteroatoms. The predicted molar refractivity (Wildman–Crippen MR) is 108 cm³/mol. The van der Waals surface area contributed by atoms with Crippen LogP contribution in [0.15, 0.2) is 77.6 Å². The van der Waals surface area contributed by atoms with Gasteiger partial charge in [-0.2, -0.15) is 0 Å². The van der Waals surface area contributed by atoms with Crippen LogP contribution in [0.25, 0.3) is 22.3 Å². The fourth-order valence-corrected chi connectivity index (χ4v) is 3.31. The van der Waals surface area contributed by atoms with E-state index in [2.05, 4.69) is 4.98 Å². The van der Waals surface area contributed by atoms with Gasteiger partial charge in [-0.25, -0.2) is 4.98 Å². The average molecular weight is 397 g/mol. The Hall–Kier alpha value is -2.82. The Bertz CT molecular complexity index is 1150. The summed E-state index contributed by atoms with van der Waals surface area (Å²) >= 11 is 12.4. The van der Waals surface area contributed by atoms with Crippen molar-refractivity contribution in [3.05, 3.63) is 98.8 Å². The van der Waals surface area contributed by atoms with Crippen molar-refractivity contribution in [1.82, 2.24) is 9.71 Å². The zero-order valence-corrected chi connectivity index (χ0v) is 15.6. The van der Waals surface area contributed by atoms with E-state index < -0.39 is 0 Å². The minimum absolute atomic E-state index is 0.0399. The molecular weight excluding hydrogens is 383 g/mol. The molecule has 134 valence electrons. The number of aromatic nitrogens is 2. The van der Waals surface area contributed by atoms with Gasteiger partial charge in [-0.3, -0.25) is 4.79 Å². The van der Waals surface area contributed by atoms with E-state index in [0.717, 1.165) is 5.56 Å². The van der Waals surface area contributed by atoms with Crippen LogP contribution in [0.4, 0.5) is 0 Å². The van der Waals surface area contributed by atoms with Crippen molar-refractivity contribution in [2.24, 2.45) is 0 Å². The quantitative estimate of drug-likeness (QED) is 0.487. The topological polar surface area (TPSA) is 44.1 Å². The molecule has 4 nitrogen and oxygen atoms in total. The molecule has 27 heavy (non-hydrogen) atoms. The molecule has 0 saturated carbocycles. The van der Waals surface area contributed by atoms with Crippen LogP contribution >= 0.6 is 23.2 Å². The molecule has 0 amide bonds. The fourth-order valence-electron chi connectivity index (χ4n) is 2.81. The molecule has 0 aliphatic carbocycles. The maximum Gasteiger partial charge on any atom is 0.294 e. The highest BCUT2D eigenvalue weighted by Gasteiger charge is 2.15. The van der Waals surface area contributed by atoms with Gasteiger partial charge in [0.15, 0.2) is 5.82 Å². The van der Waals surface area contributed by atoms with Crippen molar-refractivity contribution < 1.29 is 4.84 Å². The van der Waals surface area contributed by atoms with Gasteiger partial charge in [-0.15, -0.1) is 4.73 Å². The van der Waals surface area contributed by atoms with Crippen LogP contribution in [-0.2, 0) is 6.61 Å². The highest BCUT2D eigenvalue weighted by molar-refractivity contribution is 6.35. The molecular formula is C21H14Cl2N2O2. The number of halogens is 2. The fraction of sp³-hybridized carbons (Fsp3) is 0.0476. The Kier molecular flexibility index (Phi) is 4.84. The minimum atomic E-state index is -0.289. The third kappa shape index (κ3) is 3.42. The molecule has 0 aliphatic heterocycles. The smallest absolute Gasteiger partial charge is 0.294 e. The zero-order chi connectivity index (χ0) is 18.8. The van der Waals surface area contributed by atoms with Gasteiger partial charge in [0.2, 0.25) is 0 Å². The Balaban J connectivity index is 1.85. The van der Waals surface area contributed by atoms with Crippen molar-refractivity contribution in [1.29, 1.82) is 0 Å². The number of para-hydroxylation sites is 1. The first-order chi connectivity index (χ1) is 13.1. The normalized spacial score (nSPS) is 10.9. The number of hydrogen-bond acceptors (Lipinski definition) is 3. The van der Waals surface area contributed by atoms with E-state index >= 15 is 0 Å². The summed E-state index contributed by atoms with van der Waals surface area (Å²) in [5.41, 5.74) is 1.70. The van der Waals surface area contributed by atoms with Crippen molar-refractivity contribution in [2.45, 2.75) is 6.61 Å². The first-order valence-corrected chi connectivity index (χ1v) is 9.04. The summed E-state index contributed by atoms with van der Waals surface area (Å²) in [4.78, 5) is 23.5. The highest BCUT2D eigenvalue weighted by Crippen LogP contribution is 2.25. The van der Waals surface area contributed by atoms with Crippen LogP contribution in [-0.4, -0.2) is 9.71 Å². The number of benzene rings is 3. The van der Waals surface area contributed by atoms with Gasteiger partial charge in [0.05, 0.1) is 10.9 Å². The van der Waals surface area contributed by atoms with E-state index in [0.29, 0.717) is 32.3 Å². The van der Waals surface area contributed by atoms with E-state index in [-0.39, 0.29) is 12.2 Å². The van der Waals surface area contributed by atoms with Gasteiger partial charge < -0.3 is 4.84 Å². The van der Waals surface area contributed by atoms with Gasteiger partial charge in [0.25, 0.3) is 5.56 Å². The average Bonchev–Trinajstić information content (AvgIpc) is 2.69. The number of nitrogens with zero attached hydrogens (tertiary/aromatic N) is 2. The lowest BCUT2D eigenvalue weighted by Gasteiger charge is -2.15. The summed E-state index contributed by atoms with van der Waals surface area (Å²) in [6, 6.07) is 21.8. The second kappa shape index (κ2) is 7.43. The second-order valence-corrected chi connectivity index (χ2v) is 6.71. The molecule has 3 aromatic carbocycles. The monoisotopic (exact) mass is 396 g/mol. The summed E-state index contributed by atoms with van der Waals surface area (Å²) in [7, 11) is 0. The van der Waals surface area contributed by atoms with Crippen LogP contribution in [0, 0.1) is 0 Å². The summed E-state index contributed by atoms with van der Waals surface area (Å²) < 4.78 is 1.21. The largest absolute Gasteiger partial charge is 0.404 e. The Morgan fingerprint density at radius 3 is 2.26 bits per heavy atom. The van der Waals surface area contributed by atoms with Gasteiger partial charge in [0, 0.05) is 21.2 Å². The first-order valence-electron chi connectivity index (χ1n) is 8.28. The van der Waals surface area contributed by atoms with Crippen molar-refractivity contribution in [3.8, 4) is 11.4 Å². The molecule has 0 fully saturated rings. The molecule has 0 atom stereocenters. The molecule has 1 aromatic heterocycles. The molecule has 0 spiro atoms. The maximum absolute atomic E-state index is 13.0. The number of hydrogen-bond donors (Lipinski definition) is 0. The molecule has 0 N–H and O–H groups in total. The van der Waals surface area contributed by atoms with Crippen molar-refractivity contribution in [2.75, 3.05) is 0 Å². The first kappa shape index (κ1) is 17.6. The Labute approximate surface area is 165 Å². The van der Waals surface area contributed by atoms with Crippen molar-refractivity contribution in [3.63, 3.8) is 0 Å². The standard InChI is InChI=1S/C21H14Cl2N2O2/c22-17-10-6-11-18(23)16(17)13-27-25-20(14-7-2-1-3-8-14)24-19-12-5-4-9-15(19)21(25)26/h1-12H,13H2. The summed E-state index contributed by atoms with van der Waals surface area (Å²) in [5.74, 6) is 0.419. The van der Waals surface area contributed by atoms with Crippen molar-refractivity contribution >= 4 is 34.1 Å². The predicted octanol–water partition coefficient (Wildman–Crippen LogP) is 5.00.